The van der Waals surface area contributed by atoms with E-state index in [9.17, 15) is 0 Å². The van der Waals surface area contributed by atoms with Crippen LogP contribution in [0, 0.1) is 11.3 Å². The molecule has 1 fully saturated rings. The van der Waals surface area contributed by atoms with Crippen molar-refractivity contribution in [2.24, 2.45) is 17.1 Å². The molecular weight excluding hydrogens is 172 g/mol. The van der Waals surface area contributed by atoms with Gasteiger partial charge in [0.2, 0.25) is 0 Å². The van der Waals surface area contributed by atoms with Gasteiger partial charge in [0.05, 0.1) is 0 Å². The van der Waals surface area contributed by atoms with Crippen molar-refractivity contribution in [2.45, 2.75) is 46.6 Å². The van der Waals surface area contributed by atoms with Crippen LogP contribution in [0.4, 0.5) is 0 Å². The van der Waals surface area contributed by atoms with Crippen molar-refractivity contribution in [3.63, 3.8) is 0 Å². The zero-order valence-corrected chi connectivity index (χ0v) is 10.2. The third kappa shape index (κ3) is 3.58. The molecule has 1 aliphatic rings. The molecular formula is C12H26N2. The van der Waals surface area contributed by atoms with Crippen molar-refractivity contribution >= 4 is 0 Å². The summed E-state index contributed by atoms with van der Waals surface area (Å²) in [7, 11) is 0. The van der Waals surface area contributed by atoms with E-state index in [4.69, 9.17) is 5.73 Å². The van der Waals surface area contributed by atoms with Gasteiger partial charge in [0, 0.05) is 19.1 Å². The topological polar surface area (TPSA) is 29.3 Å². The lowest BCUT2D eigenvalue weighted by atomic mass is 9.84. The van der Waals surface area contributed by atoms with Gasteiger partial charge >= 0.3 is 0 Å². The van der Waals surface area contributed by atoms with Crippen LogP contribution in [0.5, 0.6) is 0 Å². The van der Waals surface area contributed by atoms with Crippen LogP contribution in [0.1, 0.15) is 40.5 Å². The Morgan fingerprint density at radius 2 is 2.00 bits per heavy atom. The molecule has 0 saturated carbocycles. The summed E-state index contributed by atoms with van der Waals surface area (Å²) in [5, 5.41) is 0. The lowest BCUT2D eigenvalue weighted by Crippen LogP contribution is -2.47. The van der Waals surface area contributed by atoms with Crippen molar-refractivity contribution in [3.8, 4) is 0 Å². The zero-order chi connectivity index (χ0) is 10.8. The second kappa shape index (κ2) is 4.63. The standard InChI is InChI=1S/C12H26N2/c1-10(2)11(13)8-14-7-5-6-12(3,4)9-14/h10-11H,5-9,13H2,1-4H3. The van der Waals surface area contributed by atoms with Crippen LogP contribution in [0.25, 0.3) is 0 Å². The molecule has 0 aromatic heterocycles. The van der Waals surface area contributed by atoms with Crippen LogP contribution >= 0.6 is 0 Å². The van der Waals surface area contributed by atoms with Crippen molar-refractivity contribution in [1.82, 2.24) is 4.90 Å². The number of rotatable bonds is 3. The Bertz CT molecular complexity index is 175. The summed E-state index contributed by atoms with van der Waals surface area (Å²) in [6, 6.07) is 0.337. The van der Waals surface area contributed by atoms with E-state index in [0.29, 0.717) is 17.4 Å². The normalized spacial score (nSPS) is 25.3. The molecule has 0 aromatic rings. The maximum Gasteiger partial charge on any atom is 0.0191 e. The average molecular weight is 198 g/mol. The fraction of sp³-hybridized carbons (Fsp3) is 1.00. The van der Waals surface area contributed by atoms with Crippen LogP contribution in [0.3, 0.4) is 0 Å². The summed E-state index contributed by atoms with van der Waals surface area (Å²) in [5.41, 5.74) is 6.59. The van der Waals surface area contributed by atoms with Crippen LogP contribution in [0.2, 0.25) is 0 Å². The number of hydrogen-bond acceptors (Lipinski definition) is 2. The summed E-state index contributed by atoms with van der Waals surface area (Å²) in [6.45, 7) is 12.7. The van der Waals surface area contributed by atoms with Crippen LogP contribution in [0.15, 0.2) is 0 Å². The molecule has 0 spiro atoms. The van der Waals surface area contributed by atoms with Gasteiger partial charge in [0.15, 0.2) is 0 Å². The van der Waals surface area contributed by atoms with Gasteiger partial charge < -0.3 is 10.6 Å². The zero-order valence-electron chi connectivity index (χ0n) is 10.2. The molecule has 1 heterocycles. The lowest BCUT2D eigenvalue weighted by Gasteiger charge is -2.39. The summed E-state index contributed by atoms with van der Waals surface area (Å²) in [4.78, 5) is 2.54. The van der Waals surface area contributed by atoms with Gasteiger partial charge in [-0.25, -0.2) is 0 Å². The maximum atomic E-state index is 6.09. The monoisotopic (exact) mass is 198 g/mol. The molecule has 0 radical (unpaired) electrons. The van der Waals surface area contributed by atoms with E-state index in [1.807, 2.05) is 0 Å². The highest BCUT2D eigenvalue weighted by Gasteiger charge is 2.27. The van der Waals surface area contributed by atoms with Crippen LogP contribution in [-0.4, -0.2) is 30.6 Å². The summed E-state index contributed by atoms with van der Waals surface area (Å²) >= 11 is 0. The van der Waals surface area contributed by atoms with Gasteiger partial charge in [-0.3, -0.25) is 0 Å². The second-order valence-electron chi connectivity index (χ2n) is 5.91. The molecule has 84 valence electrons. The molecule has 0 amide bonds. The van der Waals surface area contributed by atoms with Gasteiger partial charge in [0.25, 0.3) is 0 Å². The minimum atomic E-state index is 0.337. The van der Waals surface area contributed by atoms with Crippen molar-refractivity contribution in [1.29, 1.82) is 0 Å². The van der Waals surface area contributed by atoms with E-state index < -0.39 is 0 Å². The van der Waals surface area contributed by atoms with Crippen LogP contribution < -0.4 is 5.73 Å². The number of hydrogen-bond donors (Lipinski definition) is 1. The van der Waals surface area contributed by atoms with Crippen molar-refractivity contribution in [3.05, 3.63) is 0 Å². The number of piperidine rings is 1. The Balaban J connectivity index is 2.38. The first-order chi connectivity index (χ1) is 6.41. The summed E-state index contributed by atoms with van der Waals surface area (Å²) in [6.07, 6.45) is 2.69. The molecule has 2 heteroatoms. The SMILES string of the molecule is CC(C)C(N)CN1CCCC(C)(C)C1. The van der Waals surface area contributed by atoms with E-state index in [0.717, 1.165) is 6.54 Å². The smallest absolute Gasteiger partial charge is 0.0191 e. The fourth-order valence-corrected chi connectivity index (χ4v) is 2.21. The molecule has 1 unspecified atom stereocenters. The molecule has 2 N–H and O–H groups in total. The number of nitrogens with zero attached hydrogens (tertiary/aromatic N) is 1. The lowest BCUT2D eigenvalue weighted by molar-refractivity contribution is 0.107. The molecule has 1 atom stereocenters. The van der Waals surface area contributed by atoms with E-state index in [-0.39, 0.29) is 0 Å². The average Bonchev–Trinajstić information content (AvgIpc) is 2.01. The Kier molecular flexibility index (Phi) is 3.96. The highest BCUT2D eigenvalue weighted by atomic mass is 15.1. The van der Waals surface area contributed by atoms with Gasteiger partial charge in [-0.05, 0) is 30.7 Å². The van der Waals surface area contributed by atoms with Gasteiger partial charge in [-0.15, -0.1) is 0 Å². The van der Waals surface area contributed by atoms with Gasteiger partial charge in [0.1, 0.15) is 0 Å². The predicted octanol–water partition coefficient (Wildman–Crippen LogP) is 2.09. The molecule has 1 rings (SSSR count). The number of nitrogens with two attached hydrogens (primary N) is 1. The molecule has 2 nitrogen and oxygen atoms in total. The molecule has 1 aliphatic heterocycles. The van der Waals surface area contributed by atoms with Crippen LogP contribution in [-0.2, 0) is 0 Å². The fourth-order valence-electron chi connectivity index (χ4n) is 2.21. The molecule has 1 saturated heterocycles. The van der Waals surface area contributed by atoms with E-state index in [1.54, 1.807) is 0 Å². The Morgan fingerprint density at radius 3 is 2.50 bits per heavy atom. The molecule has 0 aliphatic carbocycles. The Morgan fingerprint density at radius 1 is 1.36 bits per heavy atom. The summed E-state index contributed by atoms with van der Waals surface area (Å²) < 4.78 is 0. The highest BCUT2D eigenvalue weighted by Crippen LogP contribution is 2.28. The first-order valence-electron chi connectivity index (χ1n) is 5.89. The molecule has 0 bridgehead atoms. The Hall–Kier alpha value is -0.0800. The van der Waals surface area contributed by atoms with Gasteiger partial charge in [-0.2, -0.15) is 0 Å². The molecule has 14 heavy (non-hydrogen) atoms. The van der Waals surface area contributed by atoms with E-state index >= 15 is 0 Å². The number of likely N-dealkylation sites (tertiary alicyclic amines) is 1. The van der Waals surface area contributed by atoms with Gasteiger partial charge in [-0.1, -0.05) is 27.7 Å². The van der Waals surface area contributed by atoms with E-state index in [1.165, 1.54) is 25.9 Å². The van der Waals surface area contributed by atoms with Crippen molar-refractivity contribution in [2.75, 3.05) is 19.6 Å². The minimum Gasteiger partial charge on any atom is -0.326 e. The van der Waals surface area contributed by atoms with E-state index in [2.05, 4.69) is 32.6 Å². The quantitative estimate of drug-likeness (QED) is 0.752. The van der Waals surface area contributed by atoms with Crippen molar-refractivity contribution < 1.29 is 0 Å². The molecule has 0 aromatic carbocycles. The third-order valence-electron chi connectivity index (χ3n) is 3.30. The maximum absolute atomic E-state index is 6.09. The largest absolute Gasteiger partial charge is 0.326 e. The minimum absolute atomic E-state index is 0.337. The third-order valence-corrected chi connectivity index (χ3v) is 3.30. The first-order valence-corrected chi connectivity index (χ1v) is 5.89. The Labute approximate surface area is 88.8 Å². The predicted molar refractivity (Wildman–Crippen MR) is 62.3 cm³/mol. The highest BCUT2D eigenvalue weighted by molar-refractivity contribution is 4.82. The second-order valence-corrected chi connectivity index (χ2v) is 5.91. The summed E-state index contributed by atoms with van der Waals surface area (Å²) in [5.74, 6) is 0.597. The first kappa shape index (κ1) is 12.0.